The molecule has 0 aliphatic carbocycles. The fraction of sp³-hybridized carbons (Fsp3) is 0.0500. The van der Waals surface area contributed by atoms with Gasteiger partial charge in [-0.2, -0.15) is 4.98 Å². The highest BCUT2D eigenvalue weighted by Gasteiger charge is 2.18. The largest absolute Gasteiger partial charge is 0.364 e. The summed E-state index contributed by atoms with van der Waals surface area (Å²) in [6.07, 6.45) is 6.28. The lowest BCUT2D eigenvalue weighted by Gasteiger charge is -2.14. The molecule has 0 amide bonds. The second kappa shape index (κ2) is 9.04. The molecule has 2 aromatic heterocycles. The van der Waals surface area contributed by atoms with E-state index in [0.717, 1.165) is 10.0 Å². The quantitative estimate of drug-likeness (QED) is 0.373. The van der Waals surface area contributed by atoms with Gasteiger partial charge in [-0.3, -0.25) is 9.29 Å². The van der Waals surface area contributed by atoms with Crippen LogP contribution in [0.1, 0.15) is 5.56 Å². The summed E-state index contributed by atoms with van der Waals surface area (Å²) in [5.74, 6) is 0.685. The number of imidazole rings is 1. The maximum absolute atomic E-state index is 12.8. The molecule has 158 valence electrons. The molecule has 0 saturated carbocycles. The number of benzene rings is 2. The first-order chi connectivity index (χ1) is 14.9. The van der Waals surface area contributed by atoms with Crippen molar-refractivity contribution >= 4 is 49.1 Å². The number of halogens is 2. The normalized spacial score (nSPS) is 11.3. The first-order valence-corrected chi connectivity index (χ1v) is 11.7. The first-order valence-electron chi connectivity index (χ1n) is 9.03. The van der Waals surface area contributed by atoms with E-state index >= 15 is 0 Å². The summed E-state index contributed by atoms with van der Waals surface area (Å²) in [5.41, 5.74) is 1.22. The van der Waals surface area contributed by atoms with Crippen molar-refractivity contribution in [3.8, 4) is 5.95 Å². The first kappa shape index (κ1) is 21.3. The summed E-state index contributed by atoms with van der Waals surface area (Å²) in [6.45, 7) is 0.434. The van der Waals surface area contributed by atoms with Crippen LogP contribution in [0, 0.1) is 0 Å². The molecule has 4 aromatic rings. The van der Waals surface area contributed by atoms with Gasteiger partial charge in [-0.15, -0.1) is 0 Å². The van der Waals surface area contributed by atoms with E-state index in [0.29, 0.717) is 23.3 Å². The third-order valence-electron chi connectivity index (χ3n) is 4.25. The second-order valence-corrected chi connectivity index (χ2v) is 9.48. The average Bonchev–Trinajstić information content (AvgIpc) is 3.29. The minimum atomic E-state index is -3.86. The van der Waals surface area contributed by atoms with Crippen molar-refractivity contribution < 1.29 is 8.42 Å². The topological polar surface area (TPSA) is 102 Å². The van der Waals surface area contributed by atoms with Gasteiger partial charge in [0.1, 0.15) is 12.0 Å². The van der Waals surface area contributed by atoms with Crippen molar-refractivity contribution in [2.75, 3.05) is 10.0 Å². The highest BCUT2D eigenvalue weighted by Crippen LogP contribution is 2.24. The smallest absolute Gasteiger partial charge is 0.262 e. The molecule has 2 heterocycles. The number of hydrogen-bond acceptors (Lipinski definition) is 6. The van der Waals surface area contributed by atoms with Gasteiger partial charge < -0.3 is 5.32 Å². The Bertz CT molecular complexity index is 1280. The van der Waals surface area contributed by atoms with Crippen LogP contribution >= 0.6 is 27.5 Å². The predicted octanol–water partition coefficient (Wildman–Crippen LogP) is 4.49. The maximum atomic E-state index is 12.8. The molecule has 0 atom stereocenters. The molecule has 11 heteroatoms. The number of hydrogen-bond donors (Lipinski definition) is 2. The third-order valence-corrected chi connectivity index (χ3v) is 6.41. The van der Waals surface area contributed by atoms with E-state index < -0.39 is 10.0 Å². The molecule has 2 aromatic carbocycles. The number of nitrogens with one attached hydrogen (secondary N) is 2. The third kappa shape index (κ3) is 5.22. The lowest BCUT2D eigenvalue weighted by molar-refractivity contribution is 0.601. The summed E-state index contributed by atoms with van der Waals surface area (Å²) in [5, 5.41) is 3.63. The Morgan fingerprint density at radius 1 is 1.06 bits per heavy atom. The standard InChI is InChI=1S/C20H16BrClN6O2S/c21-15-3-1-14(2-4-15)11-24-19-18(12-25-20(26-19)28-10-9-23-13-28)27-31(29,30)17-7-5-16(22)6-8-17/h1-10,12-13,27H,11H2,(H,24,25,26). The van der Waals surface area contributed by atoms with Gasteiger partial charge in [0, 0.05) is 28.4 Å². The molecule has 2 N–H and O–H groups in total. The number of sulfonamides is 1. The highest BCUT2D eigenvalue weighted by molar-refractivity contribution is 9.10. The van der Waals surface area contributed by atoms with Crippen LogP contribution in [0.15, 0.2) is 82.8 Å². The molecule has 0 bridgehead atoms. The van der Waals surface area contributed by atoms with Crippen molar-refractivity contribution in [3.63, 3.8) is 0 Å². The molecular weight excluding hydrogens is 504 g/mol. The summed E-state index contributed by atoms with van der Waals surface area (Å²) >= 11 is 9.28. The molecule has 0 saturated heterocycles. The minimum Gasteiger partial charge on any atom is -0.364 e. The summed E-state index contributed by atoms with van der Waals surface area (Å²) < 4.78 is 30.8. The van der Waals surface area contributed by atoms with Crippen molar-refractivity contribution in [1.29, 1.82) is 0 Å². The zero-order chi connectivity index (χ0) is 21.8. The Hall–Kier alpha value is -2.95. The molecule has 0 spiro atoms. The summed E-state index contributed by atoms with van der Waals surface area (Å²) in [6, 6.07) is 13.7. The van der Waals surface area contributed by atoms with Crippen LogP contribution in [0.4, 0.5) is 11.5 Å². The van der Waals surface area contributed by atoms with E-state index in [1.807, 2.05) is 24.3 Å². The monoisotopic (exact) mass is 518 g/mol. The lowest BCUT2D eigenvalue weighted by atomic mass is 10.2. The van der Waals surface area contributed by atoms with Crippen molar-refractivity contribution in [2.45, 2.75) is 11.4 Å². The molecule has 8 nitrogen and oxygen atoms in total. The zero-order valence-electron chi connectivity index (χ0n) is 15.9. The van der Waals surface area contributed by atoms with Crippen LogP contribution in [0.3, 0.4) is 0 Å². The Balaban J connectivity index is 1.65. The number of anilines is 2. The Morgan fingerprint density at radius 2 is 1.81 bits per heavy atom. The van der Waals surface area contributed by atoms with E-state index in [1.165, 1.54) is 30.5 Å². The van der Waals surface area contributed by atoms with E-state index in [1.54, 1.807) is 23.3 Å². The van der Waals surface area contributed by atoms with E-state index in [2.05, 4.69) is 40.9 Å². The van der Waals surface area contributed by atoms with Gasteiger partial charge in [0.2, 0.25) is 5.95 Å². The van der Waals surface area contributed by atoms with Crippen LogP contribution in [-0.2, 0) is 16.6 Å². The summed E-state index contributed by atoms with van der Waals surface area (Å²) in [7, 11) is -3.86. The van der Waals surface area contributed by atoms with Crippen molar-refractivity contribution in [1.82, 2.24) is 19.5 Å². The predicted molar refractivity (Wildman–Crippen MR) is 123 cm³/mol. The minimum absolute atomic E-state index is 0.0782. The van der Waals surface area contributed by atoms with Crippen LogP contribution in [0.2, 0.25) is 5.02 Å². The van der Waals surface area contributed by atoms with Crippen molar-refractivity contribution in [2.24, 2.45) is 0 Å². The Kier molecular flexibility index (Phi) is 6.21. The highest BCUT2D eigenvalue weighted by atomic mass is 79.9. The SMILES string of the molecule is O=S(=O)(Nc1cnc(-n2ccnc2)nc1NCc1ccc(Br)cc1)c1ccc(Cl)cc1. The Morgan fingerprint density at radius 3 is 2.48 bits per heavy atom. The molecule has 0 radical (unpaired) electrons. The zero-order valence-corrected chi connectivity index (χ0v) is 19.1. The fourth-order valence-corrected chi connectivity index (χ4v) is 4.13. The van der Waals surface area contributed by atoms with Crippen LogP contribution < -0.4 is 10.0 Å². The van der Waals surface area contributed by atoms with Gasteiger partial charge in [-0.05, 0) is 42.0 Å². The van der Waals surface area contributed by atoms with E-state index in [9.17, 15) is 8.42 Å². The molecule has 0 aliphatic heterocycles. The van der Waals surface area contributed by atoms with Crippen LogP contribution in [0.25, 0.3) is 5.95 Å². The van der Waals surface area contributed by atoms with E-state index in [4.69, 9.17) is 11.6 Å². The average molecular weight is 520 g/mol. The van der Waals surface area contributed by atoms with Gasteiger partial charge in [0.05, 0.1) is 11.1 Å². The van der Waals surface area contributed by atoms with E-state index in [-0.39, 0.29) is 10.6 Å². The maximum Gasteiger partial charge on any atom is 0.262 e. The Labute approximate surface area is 192 Å². The van der Waals surface area contributed by atoms with Crippen molar-refractivity contribution in [3.05, 3.63) is 88.5 Å². The molecule has 0 unspecified atom stereocenters. The van der Waals surface area contributed by atoms with Gasteiger partial charge in [0.25, 0.3) is 10.0 Å². The fourth-order valence-electron chi connectivity index (χ4n) is 2.69. The molecule has 4 rings (SSSR count). The molecule has 0 fully saturated rings. The molecular formula is C20H16BrClN6O2S. The van der Waals surface area contributed by atoms with Gasteiger partial charge in [0.15, 0.2) is 5.82 Å². The summed E-state index contributed by atoms with van der Waals surface area (Å²) in [4.78, 5) is 12.8. The van der Waals surface area contributed by atoms with Gasteiger partial charge in [-0.25, -0.2) is 18.4 Å². The number of aromatic nitrogens is 4. The lowest BCUT2D eigenvalue weighted by Crippen LogP contribution is -2.16. The number of nitrogens with zero attached hydrogens (tertiary/aromatic N) is 4. The molecule has 31 heavy (non-hydrogen) atoms. The molecule has 0 aliphatic rings. The van der Waals surface area contributed by atoms with Gasteiger partial charge in [-0.1, -0.05) is 39.7 Å². The van der Waals surface area contributed by atoms with Gasteiger partial charge >= 0.3 is 0 Å². The van der Waals surface area contributed by atoms with Crippen LogP contribution in [-0.4, -0.2) is 27.9 Å². The second-order valence-electron chi connectivity index (χ2n) is 6.44. The van der Waals surface area contributed by atoms with Crippen LogP contribution in [0.5, 0.6) is 0 Å². The number of rotatable bonds is 7.